The zero-order valence-electron chi connectivity index (χ0n) is 12.6. The molecule has 2 saturated heterocycles. The number of cyclic esters (lactones) is 1. The lowest BCUT2D eigenvalue weighted by molar-refractivity contribution is -0.142. The summed E-state index contributed by atoms with van der Waals surface area (Å²) in [5.41, 5.74) is 0. The van der Waals surface area contributed by atoms with Gasteiger partial charge in [-0.1, -0.05) is 5.16 Å². The summed E-state index contributed by atoms with van der Waals surface area (Å²) in [4.78, 5) is 20.5. The molecule has 2 fully saturated rings. The van der Waals surface area contributed by atoms with Gasteiger partial charge in [0.1, 0.15) is 6.04 Å². The van der Waals surface area contributed by atoms with E-state index in [1.807, 2.05) is 7.05 Å². The van der Waals surface area contributed by atoms with Crippen molar-refractivity contribution in [2.75, 3.05) is 26.7 Å². The number of esters is 1. The third-order valence-corrected chi connectivity index (χ3v) is 4.39. The van der Waals surface area contributed by atoms with Gasteiger partial charge in [-0.05, 0) is 26.4 Å². The van der Waals surface area contributed by atoms with Crippen molar-refractivity contribution in [3.63, 3.8) is 0 Å². The summed E-state index contributed by atoms with van der Waals surface area (Å²) >= 11 is 0. The summed E-state index contributed by atoms with van der Waals surface area (Å²) in [6, 6.07) is 0.296. The van der Waals surface area contributed by atoms with Crippen LogP contribution in [0.4, 0.5) is 0 Å². The van der Waals surface area contributed by atoms with E-state index in [0.717, 1.165) is 38.2 Å². The van der Waals surface area contributed by atoms with E-state index in [-0.39, 0.29) is 12.0 Å². The fraction of sp³-hybridized carbons (Fsp3) is 0.786. The molecule has 0 aliphatic carbocycles. The Morgan fingerprint density at radius 1 is 1.43 bits per heavy atom. The van der Waals surface area contributed by atoms with E-state index in [4.69, 9.17) is 9.26 Å². The summed E-state index contributed by atoms with van der Waals surface area (Å²) in [5.74, 6) is 1.25. The van der Waals surface area contributed by atoms with Gasteiger partial charge in [0.05, 0.1) is 13.2 Å². The van der Waals surface area contributed by atoms with Gasteiger partial charge in [0.25, 0.3) is 0 Å². The molecular weight excluding hydrogens is 272 g/mol. The molecule has 3 rings (SSSR count). The molecule has 0 spiro atoms. The number of aromatic nitrogens is 2. The van der Waals surface area contributed by atoms with E-state index in [1.165, 1.54) is 0 Å². The quantitative estimate of drug-likeness (QED) is 0.753. The minimum atomic E-state index is -0.0811. The van der Waals surface area contributed by atoms with Gasteiger partial charge >= 0.3 is 5.97 Å². The topological polar surface area (TPSA) is 71.7 Å². The molecule has 21 heavy (non-hydrogen) atoms. The van der Waals surface area contributed by atoms with Crippen LogP contribution in [0, 0.1) is 6.92 Å². The first-order chi connectivity index (χ1) is 10.1. The van der Waals surface area contributed by atoms with E-state index in [2.05, 4.69) is 19.9 Å². The summed E-state index contributed by atoms with van der Waals surface area (Å²) in [6.07, 6.45) is 3.03. The molecule has 0 amide bonds. The molecule has 0 N–H and O–H groups in total. The second kappa shape index (κ2) is 6.11. The Kier molecular flexibility index (Phi) is 4.21. The Hall–Kier alpha value is -1.47. The van der Waals surface area contributed by atoms with Crippen LogP contribution in [-0.4, -0.2) is 64.7 Å². The number of rotatable bonds is 4. The van der Waals surface area contributed by atoms with Crippen LogP contribution in [0.15, 0.2) is 4.52 Å². The molecule has 0 aromatic carbocycles. The van der Waals surface area contributed by atoms with Crippen molar-refractivity contribution < 1.29 is 14.1 Å². The van der Waals surface area contributed by atoms with Crippen molar-refractivity contribution >= 4 is 5.97 Å². The van der Waals surface area contributed by atoms with Gasteiger partial charge in [0, 0.05) is 25.9 Å². The summed E-state index contributed by atoms with van der Waals surface area (Å²) in [5, 5.41) is 3.95. The molecule has 1 aromatic rings. The molecule has 2 unspecified atom stereocenters. The molecule has 0 saturated carbocycles. The number of aryl methyl sites for hydroxylation is 1. The largest absolute Gasteiger partial charge is 0.464 e. The maximum atomic E-state index is 11.7. The number of likely N-dealkylation sites (N-methyl/N-ethyl adjacent to an activating group) is 1. The molecular formula is C14H22N4O3. The van der Waals surface area contributed by atoms with Gasteiger partial charge in [-0.25, -0.2) is 0 Å². The maximum Gasteiger partial charge on any atom is 0.323 e. The van der Waals surface area contributed by atoms with Crippen molar-refractivity contribution in [3.8, 4) is 0 Å². The standard InChI is InChI=1S/C14H22N4O3/c1-10-15-13(16-21-10)9-18-6-3-4-11(8-18)17(2)12-5-7-20-14(12)19/h11-12H,3-9H2,1-2H3. The number of nitrogens with zero attached hydrogens (tertiary/aromatic N) is 4. The number of hydrogen-bond donors (Lipinski definition) is 0. The molecule has 3 heterocycles. The van der Waals surface area contributed by atoms with E-state index in [9.17, 15) is 4.79 Å². The lowest BCUT2D eigenvalue weighted by Crippen LogP contribution is -2.50. The van der Waals surface area contributed by atoms with Gasteiger partial charge in [-0.3, -0.25) is 14.6 Å². The molecule has 0 bridgehead atoms. The van der Waals surface area contributed by atoms with Gasteiger partial charge in [0.15, 0.2) is 5.82 Å². The lowest BCUT2D eigenvalue weighted by Gasteiger charge is -2.38. The Balaban J connectivity index is 1.58. The highest BCUT2D eigenvalue weighted by Gasteiger charge is 2.35. The van der Waals surface area contributed by atoms with Gasteiger partial charge in [-0.15, -0.1) is 0 Å². The molecule has 2 atom stereocenters. The predicted molar refractivity (Wildman–Crippen MR) is 74.5 cm³/mol. The number of ether oxygens (including phenoxy) is 1. The van der Waals surface area contributed by atoms with Crippen LogP contribution >= 0.6 is 0 Å². The first-order valence-electron chi connectivity index (χ1n) is 7.53. The summed E-state index contributed by atoms with van der Waals surface area (Å²) in [6.45, 7) is 5.01. The number of carbonyl (C=O) groups excluding carboxylic acids is 1. The van der Waals surface area contributed by atoms with Crippen LogP contribution in [0.5, 0.6) is 0 Å². The van der Waals surface area contributed by atoms with E-state index in [0.29, 0.717) is 25.1 Å². The SMILES string of the molecule is Cc1nc(CN2CCCC(N(C)C3CCOC3=O)C2)no1. The van der Waals surface area contributed by atoms with Crippen LogP contribution in [-0.2, 0) is 16.1 Å². The number of carbonyl (C=O) groups is 1. The minimum absolute atomic E-state index is 0.0802. The number of hydrogen-bond acceptors (Lipinski definition) is 7. The smallest absolute Gasteiger partial charge is 0.323 e. The van der Waals surface area contributed by atoms with Crippen molar-refractivity contribution in [1.29, 1.82) is 0 Å². The zero-order chi connectivity index (χ0) is 14.8. The maximum absolute atomic E-state index is 11.7. The molecule has 2 aliphatic heterocycles. The van der Waals surface area contributed by atoms with Crippen LogP contribution in [0.3, 0.4) is 0 Å². The van der Waals surface area contributed by atoms with Crippen molar-refractivity contribution in [3.05, 3.63) is 11.7 Å². The summed E-state index contributed by atoms with van der Waals surface area (Å²) < 4.78 is 10.1. The third-order valence-electron chi connectivity index (χ3n) is 4.39. The molecule has 1 aromatic heterocycles. The molecule has 0 radical (unpaired) electrons. The Bertz CT molecular complexity index is 504. The first-order valence-corrected chi connectivity index (χ1v) is 7.53. The zero-order valence-corrected chi connectivity index (χ0v) is 12.6. The lowest BCUT2D eigenvalue weighted by atomic mass is 10.0. The highest BCUT2D eigenvalue weighted by atomic mass is 16.5. The van der Waals surface area contributed by atoms with Crippen LogP contribution in [0.25, 0.3) is 0 Å². The predicted octanol–water partition coefficient (Wildman–Crippen LogP) is 0.590. The van der Waals surface area contributed by atoms with E-state index in [1.54, 1.807) is 6.92 Å². The highest BCUT2D eigenvalue weighted by molar-refractivity contribution is 5.77. The minimum Gasteiger partial charge on any atom is -0.464 e. The Labute approximate surface area is 124 Å². The van der Waals surface area contributed by atoms with Crippen molar-refractivity contribution in [1.82, 2.24) is 19.9 Å². The van der Waals surface area contributed by atoms with Crippen LogP contribution < -0.4 is 0 Å². The fourth-order valence-electron chi connectivity index (χ4n) is 3.22. The van der Waals surface area contributed by atoms with Gasteiger partial charge in [-0.2, -0.15) is 4.98 Å². The second-order valence-corrected chi connectivity index (χ2v) is 5.90. The fourth-order valence-corrected chi connectivity index (χ4v) is 3.22. The Morgan fingerprint density at radius 2 is 2.29 bits per heavy atom. The van der Waals surface area contributed by atoms with Crippen molar-refractivity contribution in [2.24, 2.45) is 0 Å². The average Bonchev–Trinajstić information content (AvgIpc) is 3.07. The normalized spacial score (nSPS) is 27.3. The summed E-state index contributed by atoms with van der Waals surface area (Å²) in [7, 11) is 2.03. The Morgan fingerprint density at radius 3 is 2.95 bits per heavy atom. The van der Waals surface area contributed by atoms with Crippen LogP contribution in [0.2, 0.25) is 0 Å². The molecule has 2 aliphatic rings. The molecule has 7 heteroatoms. The molecule has 7 nitrogen and oxygen atoms in total. The molecule has 116 valence electrons. The first kappa shape index (κ1) is 14.5. The number of piperidine rings is 1. The van der Waals surface area contributed by atoms with Gasteiger partial charge < -0.3 is 9.26 Å². The monoisotopic (exact) mass is 294 g/mol. The second-order valence-electron chi connectivity index (χ2n) is 5.90. The highest BCUT2D eigenvalue weighted by Crippen LogP contribution is 2.22. The van der Waals surface area contributed by atoms with Crippen LogP contribution in [0.1, 0.15) is 31.0 Å². The van der Waals surface area contributed by atoms with Gasteiger partial charge in [0.2, 0.25) is 5.89 Å². The third kappa shape index (κ3) is 3.24. The number of likely N-dealkylation sites (tertiary alicyclic amines) is 1. The average molecular weight is 294 g/mol. The van der Waals surface area contributed by atoms with E-state index < -0.39 is 0 Å². The van der Waals surface area contributed by atoms with E-state index >= 15 is 0 Å². The van der Waals surface area contributed by atoms with Crippen molar-refractivity contribution in [2.45, 2.75) is 44.8 Å².